The van der Waals surface area contributed by atoms with Crippen LogP contribution in [-0.2, 0) is 13.1 Å². The molecular weight excluding hydrogens is 277 g/mol. The monoisotopic (exact) mass is 293 g/mol. The van der Waals surface area contributed by atoms with Gasteiger partial charge in [0.2, 0.25) is 0 Å². The third-order valence-corrected chi connectivity index (χ3v) is 4.01. The third kappa shape index (κ3) is 2.86. The Morgan fingerprint density at radius 1 is 1.40 bits per heavy atom. The summed E-state index contributed by atoms with van der Waals surface area (Å²) in [5.74, 6) is -0.360. The van der Waals surface area contributed by atoms with Crippen LogP contribution in [0.1, 0.15) is 29.7 Å². The van der Waals surface area contributed by atoms with Crippen molar-refractivity contribution < 1.29 is 4.39 Å². The van der Waals surface area contributed by atoms with Gasteiger partial charge in [-0.05, 0) is 25.8 Å². The van der Waals surface area contributed by atoms with Gasteiger partial charge in [0.15, 0.2) is 0 Å². The van der Waals surface area contributed by atoms with Crippen LogP contribution in [0, 0.1) is 12.7 Å². The Balaban J connectivity index is 1.75. The van der Waals surface area contributed by atoms with E-state index >= 15 is 0 Å². The van der Waals surface area contributed by atoms with Gasteiger partial charge in [0.25, 0.3) is 0 Å². The maximum Gasteiger partial charge on any atom is 0.146 e. The predicted octanol–water partition coefficient (Wildman–Crippen LogP) is 3.28. The highest BCUT2D eigenvalue weighted by molar-refractivity contribution is 6.30. The van der Waals surface area contributed by atoms with Gasteiger partial charge >= 0.3 is 0 Å². The van der Waals surface area contributed by atoms with E-state index in [2.05, 4.69) is 10.4 Å². The van der Waals surface area contributed by atoms with E-state index in [0.717, 1.165) is 12.2 Å². The number of rotatable bonds is 5. The molecule has 1 fully saturated rings. The minimum atomic E-state index is -0.360. The molecule has 1 aliphatic carbocycles. The average Bonchev–Trinajstić information content (AvgIpc) is 3.20. The van der Waals surface area contributed by atoms with Gasteiger partial charge in [-0.1, -0.05) is 23.7 Å². The molecule has 1 aliphatic rings. The zero-order chi connectivity index (χ0) is 14.1. The van der Waals surface area contributed by atoms with Gasteiger partial charge in [0.1, 0.15) is 5.82 Å². The second-order valence-corrected chi connectivity index (χ2v) is 5.69. The van der Waals surface area contributed by atoms with Crippen LogP contribution in [-0.4, -0.2) is 15.8 Å². The first-order chi connectivity index (χ1) is 9.65. The highest BCUT2D eigenvalue weighted by Crippen LogP contribution is 2.21. The van der Waals surface area contributed by atoms with Crippen LogP contribution in [0.2, 0.25) is 5.02 Å². The summed E-state index contributed by atoms with van der Waals surface area (Å²) >= 11 is 5.80. The molecule has 0 saturated heterocycles. The minimum absolute atomic E-state index is 0.155. The van der Waals surface area contributed by atoms with Crippen LogP contribution in [0.15, 0.2) is 24.4 Å². The van der Waals surface area contributed by atoms with Gasteiger partial charge in [-0.3, -0.25) is 4.68 Å². The molecule has 0 atom stereocenters. The third-order valence-electron chi connectivity index (χ3n) is 3.72. The van der Waals surface area contributed by atoms with Crippen LogP contribution in [0.25, 0.3) is 0 Å². The van der Waals surface area contributed by atoms with Gasteiger partial charge in [-0.2, -0.15) is 5.10 Å². The molecule has 1 N–H and O–H groups in total. The van der Waals surface area contributed by atoms with Crippen LogP contribution in [0.5, 0.6) is 0 Å². The Morgan fingerprint density at radius 2 is 2.20 bits per heavy atom. The van der Waals surface area contributed by atoms with Crippen molar-refractivity contribution in [3.63, 3.8) is 0 Å². The Bertz CT molecular complexity index is 620. The number of nitrogens with zero attached hydrogens (tertiary/aromatic N) is 2. The standard InChI is InChI=1S/C15H17ClFN3/c1-10-12(7-18-13-5-6-13)8-19-20(10)9-11-3-2-4-14(16)15(11)17/h2-4,8,13,18H,5-7,9H2,1H3. The van der Waals surface area contributed by atoms with Crippen molar-refractivity contribution in [2.24, 2.45) is 0 Å². The lowest BCUT2D eigenvalue weighted by molar-refractivity contribution is 0.579. The van der Waals surface area contributed by atoms with Gasteiger partial charge in [0.05, 0.1) is 17.8 Å². The highest BCUT2D eigenvalue weighted by Gasteiger charge is 2.21. The molecule has 0 bridgehead atoms. The van der Waals surface area contributed by atoms with E-state index in [1.807, 2.05) is 17.8 Å². The average molecular weight is 294 g/mol. The van der Waals surface area contributed by atoms with Gasteiger partial charge in [-0.25, -0.2) is 4.39 Å². The fourth-order valence-corrected chi connectivity index (χ4v) is 2.39. The highest BCUT2D eigenvalue weighted by atomic mass is 35.5. The summed E-state index contributed by atoms with van der Waals surface area (Å²) in [5.41, 5.74) is 2.79. The van der Waals surface area contributed by atoms with Crippen molar-refractivity contribution >= 4 is 11.6 Å². The van der Waals surface area contributed by atoms with E-state index in [4.69, 9.17) is 11.6 Å². The van der Waals surface area contributed by atoms with E-state index < -0.39 is 0 Å². The zero-order valence-electron chi connectivity index (χ0n) is 11.4. The quantitative estimate of drug-likeness (QED) is 0.917. The van der Waals surface area contributed by atoms with Crippen LogP contribution in [0.4, 0.5) is 4.39 Å². The number of benzene rings is 1. The molecule has 5 heteroatoms. The molecule has 0 unspecified atom stereocenters. The number of halogens is 2. The Hall–Kier alpha value is -1.39. The second-order valence-electron chi connectivity index (χ2n) is 5.28. The maximum atomic E-state index is 13.9. The van der Waals surface area contributed by atoms with Crippen molar-refractivity contribution in [1.29, 1.82) is 0 Å². The molecule has 0 aliphatic heterocycles. The van der Waals surface area contributed by atoms with E-state index in [9.17, 15) is 4.39 Å². The smallest absolute Gasteiger partial charge is 0.146 e. The Morgan fingerprint density at radius 3 is 2.95 bits per heavy atom. The normalized spacial score (nSPS) is 14.8. The van der Waals surface area contributed by atoms with Crippen molar-refractivity contribution in [2.75, 3.05) is 0 Å². The fraction of sp³-hybridized carbons (Fsp3) is 0.400. The number of aromatic nitrogens is 2. The first-order valence-electron chi connectivity index (χ1n) is 6.82. The molecule has 0 radical (unpaired) electrons. The predicted molar refractivity (Wildman–Crippen MR) is 77.3 cm³/mol. The number of hydrogen-bond donors (Lipinski definition) is 1. The lowest BCUT2D eigenvalue weighted by Gasteiger charge is -2.08. The van der Waals surface area contributed by atoms with Crippen molar-refractivity contribution in [1.82, 2.24) is 15.1 Å². The van der Waals surface area contributed by atoms with Crippen LogP contribution >= 0.6 is 11.6 Å². The number of nitrogens with one attached hydrogen (secondary N) is 1. The van der Waals surface area contributed by atoms with Crippen molar-refractivity contribution in [2.45, 2.75) is 38.9 Å². The summed E-state index contributed by atoms with van der Waals surface area (Å²) in [5, 5.41) is 7.97. The van der Waals surface area contributed by atoms with E-state index in [0.29, 0.717) is 18.2 Å². The first kappa shape index (κ1) is 13.6. The molecule has 2 aromatic rings. The molecule has 0 amide bonds. The van der Waals surface area contributed by atoms with E-state index in [1.54, 1.807) is 18.2 Å². The van der Waals surface area contributed by atoms with Gasteiger partial charge < -0.3 is 5.32 Å². The summed E-state index contributed by atoms with van der Waals surface area (Å²) < 4.78 is 15.7. The van der Waals surface area contributed by atoms with Gasteiger partial charge in [-0.15, -0.1) is 0 Å². The molecule has 1 saturated carbocycles. The van der Waals surface area contributed by atoms with Crippen molar-refractivity contribution in [3.8, 4) is 0 Å². The van der Waals surface area contributed by atoms with E-state index in [1.165, 1.54) is 18.4 Å². The zero-order valence-corrected chi connectivity index (χ0v) is 12.1. The molecule has 106 valence electrons. The lowest BCUT2D eigenvalue weighted by atomic mass is 10.2. The molecule has 1 heterocycles. The van der Waals surface area contributed by atoms with Crippen LogP contribution in [0.3, 0.4) is 0 Å². The number of hydrogen-bond acceptors (Lipinski definition) is 2. The first-order valence-corrected chi connectivity index (χ1v) is 7.20. The maximum absolute atomic E-state index is 13.9. The Labute approximate surface area is 122 Å². The largest absolute Gasteiger partial charge is 0.310 e. The summed E-state index contributed by atoms with van der Waals surface area (Å²) in [6.45, 7) is 3.25. The van der Waals surface area contributed by atoms with Crippen molar-refractivity contribution in [3.05, 3.63) is 52.1 Å². The molecular formula is C15H17ClFN3. The molecule has 3 nitrogen and oxygen atoms in total. The summed E-state index contributed by atoms with van der Waals surface area (Å²) in [6.07, 6.45) is 4.38. The molecule has 20 heavy (non-hydrogen) atoms. The topological polar surface area (TPSA) is 29.9 Å². The van der Waals surface area contributed by atoms with E-state index in [-0.39, 0.29) is 10.8 Å². The summed E-state index contributed by atoms with van der Waals surface area (Å²) in [6, 6.07) is 5.73. The van der Waals surface area contributed by atoms with Crippen LogP contribution < -0.4 is 5.32 Å². The Kier molecular flexibility index (Phi) is 3.76. The van der Waals surface area contributed by atoms with Gasteiger partial charge in [0, 0.05) is 29.4 Å². The SMILES string of the molecule is Cc1c(CNC2CC2)cnn1Cc1cccc(Cl)c1F. The second kappa shape index (κ2) is 5.54. The summed E-state index contributed by atoms with van der Waals surface area (Å²) in [7, 11) is 0. The molecule has 3 rings (SSSR count). The molecule has 0 spiro atoms. The molecule has 1 aromatic carbocycles. The fourth-order valence-electron chi connectivity index (χ4n) is 2.19. The minimum Gasteiger partial charge on any atom is -0.310 e. The lowest BCUT2D eigenvalue weighted by Crippen LogP contribution is -2.16. The molecule has 1 aromatic heterocycles. The summed E-state index contributed by atoms with van der Waals surface area (Å²) in [4.78, 5) is 0.